The van der Waals surface area contributed by atoms with Crippen molar-refractivity contribution in [2.45, 2.75) is 17.2 Å². The van der Waals surface area contributed by atoms with Crippen molar-refractivity contribution in [3.05, 3.63) is 59.7 Å². The number of carbonyl (C=O) groups is 1. The summed E-state index contributed by atoms with van der Waals surface area (Å²) in [5.41, 5.74) is 11.4. The molecule has 4 rings (SSSR count). The maximum atomic E-state index is 15.0. The molecule has 1 fully saturated rings. The SMILES string of the molecule is NC1=N[C@@]2(c3cc(NC(=O)c4ccccn4)ccc3F)CO[C@H](CS)[C@@]2(N)CS1. The Labute approximate surface area is 176 Å². The van der Waals surface area contributed by atoms with Crippen molar-refractivity contribution in [1.29, 1.82) is 0 Å². The van der Waals surface area contributed by atoms with E-state index in [0.29, 0.717) is 22.4 Å². The summed E-state index contributed by atoms with van der Waals surface area (Å²) in [5.74, 6) is -0.121. The van der Waals surface area contributed by atoms with Crippen molar-refractivity contribution in [3.63, 3.8) is 0 Å². The van der Waals surface area contributed by atoms with E-state index in [4.69, 9.17) is 16.2 Å². The van der Waals surface area contributed by atoms with E-state index in [1.807, 2.05) is 0 Å². The zero-order valence-corrected chi connectivity index (χ0v) is 17.1. The molecule has 0 spiro atoms. The molecule has 0 bridgehead atoms. The Morgan fingerprint density at radius 1 is 1.41 bits per heavy atom. The monoisotopic (exact) mass is 433 g/mol. The average Bonchev–Trinajstić information content (AvgIpc) is 3.02. The fourth-order valence-electron chi connectivity index (χ4n) is 3.75. The second-order valence-corrected chi connectivity index (χ2v) is 8.35. The van der Waals surface area contributed by atoms with Crippen molar-refractivity contribution < 1.29 is 13.9 Å². The molecule has 0 radical (unpaired) electrons. The number of amides is 1. The Balaban J connectivity index is 1.75. The van der Waals surface area contributed by atoms with Crippen molar-refractivity contribution in [3.8, 4) is 0 Å². The zero-order chi connectivity index (χ0) is 20.6. The van der Waals surface area contributed by atoms with Gasteiger partial charge in [0.05, 0.1) is 18.2 Å². The summed E-state index contributed by atoms with van der Waals surface area (Å²) in [6.07, 6.45) is 1.11. The third kappa shape index (κ3) is 3.29. The maximum absolute atomic E-state index is 15.0. The van der Waals surface area contributed by atoms with Crippen LogP contribution in [0.3, 0.4) is 0 Å². The van der Waals surface area contributed by atoms with E-state index in [-0.39, 0.29) is 17.9 Å². The van der Waals surface area contributed by atoms with Gasteiger partial charge in [-0.1, -0.05) is 17.8 Å². The summed E-state index contributed by atoms with van der Waals surface area (Å²) in [6.45, 7) is 0.0740. The molecule has 29 heavy (non-hydrogen) atoms. The number of benzene rings is 1. The second-order valence-electron chi connectivity index (χ2n) is 6.99. The summed E-state index contributed by atoms with van der Waals surface area (Å²) in [7, 11) is 0. The van der Waals surface area contributed by atoms with Gasteiger partial charge in [-0.15, -0.1) is 0 Å². The Kier molecular flexibility index (Phi) is 5.28. The van der Waals surface area contributed by atoms with E-state index in [1.165, 1.54) is 36.2 Å². The molecule has 1 aromatic heterocycles. The van der Waals surface area contributed by atoms with Crippen LogP contribution in [0.15, 0.2) is 47.6 Å². The fourth-order valence-corrected chi connectivity index (χ4v) is 5.21. The predicted molar refractivity (Wildman–Crippen MR) is 115 cm³/mol. The molecular weight excluding hydrogens is 413 g/mol. The van der Waals surface area contributed by atoms with E-state index in [1.54, 1.807) is 18.2 Å². The Morgan fingerprint density at radius 3 is 2.97 bits per heavy atom. The highest BCUT2D eigenvalue weighted by Crippen LogP contribution is 2.50. The lowest BCUT2D eigenvalue weighted by Crippen LogP contribution is -2.65. The van der Waals surface area contributed by atoms with Gasteiger partial charge in [0.25, 0.3) is 5.91 Å². The quantitative estimate of drug-likeness (QED) is 0.546. The van der Waals surface area contributed by atoms with Crippen LogP contribution < -0.4 is 16.8 Å². The van der Waals surface area contributed by atoms with Crippen LogP contribution in [0.5, 0.6) is 0 Å². The molecule has 0 aliphatic carbocycles. The Bertz CT molecular complexity index is 976. The number of thioether (sulfide) groups is 1. The molecule has 2 aliphatic rings. The standard InChI is InChI=1S/C19H20FN5O2S2/c20-13-5-4-11(24-16(26)14-3-1-2-6-23-14)7-12(13)19-9-27-15(8-28)18(19,22)10-29-17(21)25-19/h1-7,15,28H,8-10,22H2,(H2,21,25)(H,24,26)/t15-,18+,19-/m1/s1. The molecule has 1 amide bonds. The normalized spacial score (nSPS) is 28.5. The number of ether oxygens (including phenoxy) is 1. The minimum absolute atomic E-state index is 0.0740. The number of thiol groups is 1. The van der Waals surface area contributed by atoms with Gasteiger partial charge < -0.3 is 21.5 Å². The number of nitrogens with two attached hydrogens (primary N) is 2. The molecule has 1 aromatic carbocycles. The van der Waals surface area contributed by atoms with Gasteiger partial charge in [0.1, 0.15) is 17.1 Å². The molecule has 152 valence electrons. The number of carbonyl (C=O) groups excluding carboxylic acids is 1. The number of amidine groups is 1. The van der Waals surface area contributed by atoms with Gasteiger partial charge in [-0.3, -0.25) is 9.78 Å². The van der Waals surface area contributed by atoms with Gasteiger partial charge >= 0.3 is 0 Å². The summed E-state index contributed by atoms with van der Waals surface area (Å²) in [5, 5.41) is 3.06. The summed E-state index contributed by atoms with van der Waals surface area (Å²) in [6, 6.07) is 9.31. The molecule has 0 unspecified atom stereocenters. The van der Waals surface area contributed by atoms with Gasteiger partial charge in [0, 0.05) is 29.0 Å². The number of aromatic nitrogens is 1. The van der Waals surface area contributed by atoms with Crippen LogP contribution in [0.4, 0.5) is 10.1 Å². The topological polar surface area (TPSA) is 116 Å². The largest absolute Gasteiger partial charge is 0.379 e. The molecule has 10 heteroatoms. The fraction of sp³-hybridized carbons (Fsp3) is 0.316. The van der Waals surface area contributed by atoms with Crippen LogP contribution in [0.25, 0.3) is 0 Å². The van der Waals surface area contributed by atoms with E-state index < -0.39 is 28.9 Å². The molecule has 3 heterocycles. The average molecular weight is 434 g/mol. The maximum Gasteiger partial charge on any atom is 0.274 e. The van der Waals surface area contributed by atoms with Gasteiger partial charge in [0.2, 0.25) is 0 Å². The number of nitrogens with zero attached hydrogens (tertiary/aromatic N) is 2. The number of rotatable bonds is 4. The van der Waals surface area contributed by atoms with Crippen molar-refractivity contribution in [2.75, 3.05) is 23.4 Å². The summed E-state index contributed by atoms with van der Waals surface area (Å²) < 4.78 is 20.9. The van der Waals surface area contributed by atoms with E-state index in [9.17, 15) is 4.79 Å². The third-order valence-electron chi connectivity index (χ3n) is 5.33. The highest BCUT2D eigenvalue weighted by atomic mass is 32.2. The van der Waals surface area contributed by atoms with Gasteiger partial charge in [-0.2, -0.15) is 12.6 Å². The number of halogens is 1. The lowest BCUT2D eigenvalue weighted by Gasteiger charge is -2.44. The van der Waals surface area contributed by atoms with Crippen LogP contribution in [-0.4, -0.2) is 45.8 Å². The van der Waals surface area contributed by atoms with Gasteiger partial charge in [0.15, 0.2) is 5.17 Å². The van der Waals surface area contributed by atoms with Crippen LogP contribution >= 0.6 is 24.4 Å². The van der Waals surface area contributed by atoms with Crippen molar-refractivity contribution >= 4 is 41.2 Å². The first-order valence-electron chi connectivity index (χ1n) is 8.91. The summed E-state index contributed by atoms with van der Waals surface area (Å²) in [4.78, 5) is 21.0. The first kappa shape index (κ1) is 20.1. The summed E-state index contributed by atoms with van der Waals surface area (Å²) >= 11 is 5.65. The minimum atomic E-state index is -1.20. The molecule has 5 N–H and O–H groups in total. The lowest BCUT2D eigenvalue weighted by molar-refractivity contribution is 0.102. The van der Waals surface area contributed by atoms with Gasteiger partial charge in [-0.25, -0.2) is 9.38 Å². The second kappa shape index (κ2) is 7.60. The smallest absolute Gasteiger partial charge is 0.274 e. The molecule has 7 nitrogen and oxygen atoms in total. The molecule has 1 saturated heterocycles. The highest BCUT2D eigenvalue weighted by Gasteiger charge is 2.62. The molecule has 0 saturated carbocycles. The molecule has 3 atom stereocenters. The predicted octanol–water partition coefficient (Wildman–Crippen LogP) is 1.76. The van der Waals surface area contributed by atoms with Crippen molar-refractivity contribution in [1.82, 2.24) is 4.98 Å². The number of pyridine rings is 1. The Morgan fingerprint density at radius 2 is 2.24 bits per heavy atom. The molecular formula is C19H20FN5O2S2. The number of hydrogen-bond donors (Lipinski definition) is 4. The van der Waals surface area contributed by atoms with Crippen LogP contribution in [0, 0.1) is 5.82 Å². The van der Waals surface area contributed by atoms with Crippen LogP contribution in [-0.2, 0) is 10.3 Å². The van der Waals surface area contributed by atoms with Crippen LogP contribution in [0.2, 0.25) is 0 Å². The zero-order valence-electron chi connectivity index (χ0n) is 15.3. The first-order valence-corrected chi connectivity index (χ1v) is 10.5. The minimum Gasteiger partial charge on any atom is -0.379 e. The number of hydrogen-bond acceptors (Lipinski definition) is 8. The number of anilines is 1. The van der Waals surface area contributed by atoms with Crippen molar-refractivity contribution in [2.24, 2.45) is 16.5 Å². The number of fused-ring (bicyclic) bond motifs is 1. The first-order chi connectivity index (χ1) is 13.9. The number of aliphatic imine (C=N–C) groups is 1. The molecule has 2 aliphatic heterocycles. The van der Waals surface area contributed by atoms with E-state index in [2.05, 4.69) is 27.9 Å². The highest BCUT2D eigenvalue weighted by molar-refractivity contribution is 8.13. The third-order valence-corrected chi connectivity index (χ3v) is 6.67. The van der Waals surface area contributed by atoms with E-state index in [0.717, 1.165) is 0 Å². The Hall–Kier alpha value is -2.14. The number of nitrogens with one attached hydrogen (secondary N) is 1. The lowest BCUT2D eigenvalue weighted by atomic mass is 9.73. The van der Waals surface area contributed by atoms with Gasteiger partial charge in [-0.05, 0) is 30.3 Å². The van der Waals surface area contributed by atoms with Crippen LogP contribution in [0.1, 0.15) is 16.1 Å². The van der Waals surface area contributed by atoms with E-state index >= 15 is 4.39 Å². The molecule has 2 aromatic rings.